The van der Waals surface area contributed by atoms with E-state index in [1.165, 1.54) is 12.7 Å². The van der Waals surface area contributed by atoms with Gasteiger partial charge in [0.25, 0.3) is 0 Å². The first-order chi connectivity index (χ1) is 8.81. The molecular formula is C12H22ClN5O. The third-order valence-electron chi connectivity index (χ3n) is 3.47. The van der Waals surface area contributed by atoms with E-state index in [4.69, 9.17) is 5.73 Å². The lowest BCUT2D eigenvalue weighted by Crippen LogP contribution is -2.44. The van der Waals surface area contributed by atoms with Gasteiger partial charge in [0.2, 0.25) is 5.91 Å². The monoisotopic (exact) mass is 287 g/mol. The van der Waals surface area contributed by atoms with E-state index >= 15 is 0 Å². The summed E-state index contributed by atoms with van der Waals surface area (Å²) < 4.78 is 1.69. The van der Waals surface area contributed by atoms with Crippen molar-refractivity contribution in [1.82, 2.24) is 19.7 Å². The van der Waals surface area contributed by atoms with E-state index in [9.17, 15) is 4.79 Å². The van der Waals surface area contributed by atoms with Crippen molar-refractivity contribution in [2.75, 3.05) is 13.1 Å². The van der Waals surface area contributed by atoms with Gasteiger partial charge in [-0.15, -0.1) is 12.4 Å². The Morgan fingerprint density at radius 1 is 1.42 bits per heavy atom. The lowest BCUT2D eigenvalue weighted by Gasteiger charge is -2.35. The molecule has 7 heteroatoms. The number of carbonyl (C=O) groups excluding carboxylic acids is 1. The Labute approximate surface area is 119 Å². The minimum atomic E-state index is 0. The van der Waals surface area contributed by atoms with Crippen molar-refractivity contribution in [3.8, 4) is 0 Å². The number of nitrogens with two attached hydrogens (primary N) is 1. The Bertz CT molecular complexity index is 368. The van der Waals surface area contributed by atoms with E-state index < -0.39 is 0 Å². The van der Waals surface area contributed by atoms with Crippen LogP contribution in [0.3, 0.4) is 0 Å². The van der Waals surface area contributed by atoms with E-state index in [1.54, 1.807) is 11.0 Å². The average molecular weight is 288 g/mol. The van der Waals surface area contributed by atoms with Crippen LogP contribution in [-0.2, 0) is 11.3 Å². The van der Waals surface area contributed by atoms with Gasteiger partial charge in [0.05, 0.1) is 6.54 Å². The number of rotatable bonds is 5. The maximum absolute atomic E-state index is 12.2. The third kappa shape index (κ3) is 4.47. The SMILES string of the molecule is Cl.NCCC1CCCCN1C(=O)CCn1cncn1. The number of halogens is 1. The predicted octanol–water partition coefficient (Wildman–Crippen LogP) is 0.820. The molecule has 0 bridgehead atoms. The second-order valence-corrected chi connectivity index (χ2v) is 4.72. The van der Waals surface area contributed by atoms with Crippen LogP contribution in [0.5, 0.6) is 0 Å². The maximum Gasteiger partial charge on any atom is 0.224 e. The smallest absolute Gasteiger partial charge is 0.224 e. The second kappa shape index (κ2) is 8.12. The van der Waals surface area contributed by atoms with Gasteiger partial charge in [-0.2, -0.15) is 5.10 Å². The Morgan fingerprint density at radius 2 is 2.26 bits per heavy atom. The molecule has 0 saturated carbocycles. The highest BCUT2D eigenvalue weighted by Gasteiger charge is 2.25. The van der Waals surface area contributed by atoms with Gasteiger partial charge in [-0.05, 0) is 32.2 Å². The second-order valence-electron chi connectivity index (χ2n) is 4.72. The molecule has 1 fully saturated rings. The minimum absolute atomic E-state index is 0. The summed E-state index contributed by atoms with van der Waals surface area (Å²) in [6, 6.07) is 0.340. The standard InChI is InChI=1S/C12H21N5O.ClH/c13-6-4-11-3-1-2-7-17(11)12(18)5-8-16-10-14-9-15-16;/h9-11H,1-8,13H2;1H. The summed E-state index contributed by atoms with van der Waals surface area (Å²) in [5, 5.41) is 4.00. The quantitative estimate of drug-likeness (QED) is 0.870. The lowest BCUT2D eigenvalue weighted by molar-refractivity contribution is -0.135. The van der Waals surface area contributed by atoms with Crippen LogP contribution in [0.4, 0.5) is 0 Å². The van der Waals surface area contributed by atoms with E-state index in [0.717, 1.165) is 25.8 Å². The van der Waals surface area contributed by atoms with Crippen molar-refractivity contribution in [3.63, 3.8) is 0 Å². The number of aromatic nitrogens is 3. The molecule has 2 N–H and O–H groups in total. The number of amides is 1. The predicted molar refractivity (Wildman–Crippen MR) is 74.9 cm³/mol. The Morgan fingerprint density at radius 3 is 2.95 bits per heavy atom. The van der Waals surface area contributed by atoms with Crippen LogP contribution in [0, 0.1) is 0 Å². The van der Waals surface area contributed by atoms with Gasteiger partial charge >= 0.3 is 0 Å². The summed E-state index contributed by atoms with van der Waals surface area (Å²) in [5.74, 6) is 0.212. The topological polar surface area (TPSA) is 77.0 Å². The summed E-state index contributed by atoms with van der Waals surface area (Å²) in [7, 11) is 0. The molecule has 1 saturated heterocycles. The van der Waals surface area contributed by atoms with Crippen LogP contribution in [0.2, 0.25) is 0 Å². The zero-order valence-electron chi connectivity index (χ0n) is 11.1. The molecule has 1 aliphatic heterocycles. The number of nitrogens with zero attached hydrogens (tertiary/aromatic N) is 4. The molecule has 19 heavy (non-hydrogen) atoms. The molecule has 1 aromatic rings. The van der Waals surface area contributed by atoms with E-state index in [-0.39, 0.29) is 18.3 Å². The Hall–Kier alpha value is -1.14. The fourth-order valence-corrected chi connectivity index (χ4v) is 2.52. The molecule has 1 atom stereocenters. The maximum atomic E-state index is 12.2. The molecule has 1 unspecified atom stereocenters. The van der Waals surface area contributed by atoms with E-state index in [1.807, 2.05) is 4.90 Å². The summed E-state index contributed by atoms with van der Waals surface area (Å²) in [4.78, 5) is 18.1. The van der Waals surface area contributed by atoms with Crippen molar-refractivity contribution in [1.29, 1.82) is 0 Å². The largest absolute Gasteiger partial charge is 0.340 e. The molecule has 2 rings (SSSR count). The van der Waals surface area contributed by atoms with E-state index in [2.05, 4.69) is 10.1 Å². The van der Waals surface area contributed by atoms with Crippen molar-refractivity contribution < 1.29 is 4.79 Å². The molecule has 6 nitrogen and oxygen atoms in total. The van der Waals surface area contributed by atoms with Gasteiger partial charge in [0.1, 0.15) is 12.7 Å². The Balaban J connectivity index is 0.00000180. The van der Waals surface area contributed by atoms with Crippen LogP contribution in [0.15, 0.2) is 12.7 Å². The van der Waals surface area contributed by atoms with Crippen molar-refractivity contribution in [2.45, 2.75) is 44.7 Å². The summed E-state index contributed by atoms with van der Waals surface area (Å²) in [6.45, 7) is 2.13. The highest BCUT2D eigenvalue weighted by molar-refractivity contribution is 5.85. The first kappa shape index (κ1) is 15.9. The highest BCUT2D eigenvalue weighted by Crippen LogP contribution is 2.20. The fourth-order valence-electron chi connectivity index (χ4n) is 2.52. The molecule has 108 valence electrons. The van der Waals surface area contributed by atoms with Gasteiger partial charge in [0.15, 0.2) is 0 Å². The number of aryl methyl sites for hydroxylation is 1. The third-order valence-corrected chi connectivity index (χ3v) is 3.47. The molecule has 1 amide bonds. The summed E-state index contributed by atoms with van der Waals surface area (Å²) >= 11 is 0. The van der Waals surface area contributed by atoms with Crippen molar-refractivity contribution >= 4 is 18.3 Å². The van der Waals surface area contributed by atoms with Gasteiger partial charge in [-0.25, -0.2) is 4.98 Å². The summed E-state index contributed by atoms with van der Waals surface area (Å²) in [5.41, 5.74) is 5.61. The number of likely N-dealkylation sites (tertiary alicyclic amines) is 1. The fraction of sp³-hybridized carbons (Fsp3) is 0.750. The molecule has 1 aliphatic rings. The number of piperidine rings is 1. The molecule has 0 aliphatic carbocycles. The van der Waals surface area contributed by atoms with Crippen molar-refractivity contribution in [3.05, 3.63) is 12.7 Å². The number of hydrogen-bond donors (Lipinski definition) is 1. The van der Waals surface area contributed by atoms with Crippen LogP contribution >= 0.6 is 12.4 Å². The van der Waals surface area contributed by atoms with Gasteiger partial charge < -0.3 is 10.6 Å². The zero-order valence-corrected chi connectivity index (χ0v) is 11.9. The highest BCUT2D eigenvalue weighted by atomic mass is 35.5. The number of carbonyl (C=O) groups is 1. The molecule has 0 spiro atoms. The zero-order chi connectivity index (χ0) is 12.8. The van der Waals surface area contributed by atoms with Crippen LogP contribution in [-0.4, -0.2) is 44.7 Å². The molecule has 1 aromatic heterocycles. The van der Waals surface area contributed by atoms with Crippen LogP contribution in [0.25, 0.3) is 0 Å². The first-order valence-electron chi connectivity index (χ1n) is 6.63. The molecule has 2 heterocycles. The minimum Gasteiger partial charge on any atom is -0.340 e. The molecule has 0 radical (unpaired) electrons. The molecule has 0 aromatic carbocycles. The normalized spacial score (nSPS) is 19.0. The van der Waals surface area contributed by atoms with Gasteiger partial charge in [-0.1, -0.05) is 0 Å². The van der Waals surface area contributed by atoms with Crippen molar-refractivity contribution in [2.24, 2.45) is 5.73 Å². The lowest BCUT2D eigenvalue weighted by atomic mass is 9.99. The van der Waals surface area contributed by atoms with Gasteiger partial charge in [0, 0.05) is 19.0 Å². The van der Waals surface area contributed by atoms with Gasteiger partial charge in [-0.3, -0.25) is 9.48 Å². The molecular weight excluding hydrogens is 266 g/mol. The number of hydrogen-bond acceptors (Lipinski definition) is 4. The van der Waals surface area contributed by atoms with E-state index in [0.29, 0.717) is 25.6 Å². The van der Waals surface area contributed by atoms with Crippen LogP contribution < -0.4 is 5.73 Å². The van der Waals surface area contributed by atoms with Crippen LogP contribution in [0.1, 0.15) is 32.1 Å². The Kier molecular flexibility index (Phi) is 6.80. The average Bonchev–Trinajstić information content (AvgIpc) is 2.90. The summed E-state index contributed by atoms with van der Waals surface area (Å²) in [6.07, 6.45) is 7.93. The first-order valence-corrected chi connectivity index (χ1v) is 6.63.